The second-order valence-electron chi connectivity index (χ2n) is 4.34. The fourth-order valence-corrected chi connectivity index (χ4v) is 1.68. The van der Waals surface area contributed by atoms with E-state index in [0.29, 0.717) is 5.69 Å². The molecule has 10 nitrogen and oxygen atoms in total. The third-order valence-corrected chi connectivity index (χ3v) is 2.70. The average Bonchev–Trinajstić information content (AvgIpc) is 2.99. The minimum atomic E-state index is -0.666. The van der Waals surface area contributed by atoms with Crippen molar-refractivity contribution in [1.82, 2.24) is 25.0 Å². The van der Waals surface area contributed by atoms with E-state index in [0.717, 1.165) is 15.6 Å². The first-order chi connectivity index (χ1) is 10.4. The van der Waals surface area contributed by atoms with Gasteiger partial charge in [0.15, 0.2) is 0 Å². The topological polar surface area (TPSA) is 120 Å². The number of halogens is 1. The number of nitrogens with one attached hydrogen (secondary N) is 1. The number of aryl methyl sites for hydroxylation is 2. The minimum absolute atomic E-state index is 0.164. The number of aromatic nitrogens is 4. The van der Waals surface area contributed by atoms with E-state index in [-0.39, 0.29) is 17.9 Å². The van der Waals surface area contributed by atoms with Crippen molar-refractivity contribution in [2.45, 2.75) is 13.5 Å². The molecule has 0 unspecified atom stereocenters. The summed E-state index contributed by atoms with van der Waals surface area (Å²) >= 11 is 0. The SMILES string of the molecule is Cc1nn(C)c(F)c1C=NNC(=O)Cn1ccc([N+](=O)[O-])n1. The predicted molar refractivity (Wildman–Crippen MR) is 72.5 cm³/mol. The number of amides is 1. The quantitative estimate of drug-likeness (QED) is 0.478. The number of nitrogens with zero attached hydrogens (tertiary/aromatic N) is 6. The maximum Gasteiger partial charge on any atom is 0.389 e. The van der Waals surface area contributed by atoms with Crippen molar-refractivity contribution in [3.63, 3.8) is 0 Å². The van der Waals surface area contributed by atoms with Gasteiger partial charge in [-0.25, -0.2) is 10.1 Å². The molecule has 2 aromatic rings. The molecule has 2 heterocycles. The maximum atomic E-state index is 13.6. The molecule has 0 fully saturated rings. The second kappa shape index (κ2) is 6.11. The van der Waals surface area contributed by atoms with Crippen molar-refractivity contribution in [3.8, 4) is 0 Å². The summed E-state index contributed by atoms with van der Waals surface area (Å²) in [6.07, 6.45) is 2.44. The molecule has 0 radical (unpaired) electrons. The Morgan fingerprint density at radius 2 is 2.32 bits per heavy atom. The average molecular weight is 309 g/mol. The number of hydrogen-bond acceptors (Lipinski definition) is 6. The number of carbonyl (C=O) groups is 1. The van der Waals surface area contributed by atoms with E-state index in [2.05, 4.69) is 20.7 Å². The molecule has 0 bridgehead atoms. The van der Waals surface area contributed by atoms with E-state index in [1.165, 1.54) is 19.3 Å². The number of carbonyl (C=O) groups excluding carboxylic acids is 1. The Hall–Kier alpha value is -3.11. The summed E-state index contributed by atoms with van der Waals surface area (Å²) in [4.78, 5) is 21.4. The van der Waals surface area contributed by atoms with Crippen molar-refractivity contribution in [2.24, 2.45) is 12.1 Å². The molecule has 1 N–H and O–H groups in total. The molecular formula is C11H12FN7O3. The van der Waals surface area contributed by atoms with Gasteiger partial charge >= 0.3 is 5.82 Å². The van der Waals surface area contributed by atoms with Gasteiger partial charge in [-0.3, -0.25) is 4.79 Å². The van der Waals surface area contributed by atoms with Gasteiger partial charge < -0.3 is 10.1 Å². The van der Waals surface area contributed by atoms with Gasteiger partial charge in [-0.05, 0) is 11.8 Å². The zero-order chi connectivity index (χ0) is 16.3. The zero-order valence-corrected chi connectivity index (χ0v) is 11.7. The summed E-state index contributed by atoms with van der Waals surface area (Å²) in [5, 5.41) is 21.5. The standard InChI is InChI=1S/C11H12FN7O3/c1-7-8(11(12)17(2)15-7)5-13-14-10(20)6-18-4-3-9(16-18)19(21)22/h3-5H,6H2,1-2H3,(H,14,20). The van der Waals surface area contributed by atoms with E-state index in [4.69, 9.17) is 0 Å². The minimum Gasteiger partial charge on any atom is -0.358 e. The second-order valence-corrected chi connectivity index (χ2v) is 4.34. The monoisotopic (exact) mass is 309 g/mol. The van der Waals surface area contributed by atoms with Crippen molar-refractivity contribution >= 4 is 17.9 Å². The van der Waals surface area contributed by atoms with Crippen LogP contribution in [-0.4, -0.2) is 36.6 Å². The van der Waals surface area contributed by atoms with Gasteiger partial charge in [0.25, 0.3) is 5.91 Å². The Bertz CT molecular complexity index is 749. The summed E-state index contributed by atoms with van der Waals surface area (Å²) in [5.74, 6) is -1.49. The highest BCUT2D eigenvalue weighted by Crippen LogP contribution is 2.07. The van der Waals surface area contributed by atoms with E-state index in [1.807, 2.05) is 0 Å². The van der Waals surface area contributed by atoms with Crippen molar-refractivity contribution in [1.29, 1.82) is 0 Å². The van der Waals surface area contributed by atoms with Crippen LogP contribution in [0.25, 0.3) is 0 Å². The molecule has 116 valence electrons. The van der Waals surface area contributed by atoms with E-state index >= 15 is 0 Å². The van der Waals surface area contributed by atoms with Gasteiger partial charge in [-0.15, -0.1) is 0 Å². The Morgan fingerprint density at radius 3 is 2.86 bits per heavy atom. The van der Waals surface area contributed by atoms with Crippen molar-refractivity contribution in [2.75, 3.05) is 0 Å². The van der Waals surface area contributed by atoms with Crippen LogP contribution < -0.4 is 5.43 Å². The Balaban J connectivity index is 1.94. The number of rotatable bonds is 5. The lowest BCUT2D eigenvalue weighted by Crippen LogP contribution is -2.23. The first kappa shape index (κ1) is 15.3. The Kier molecular flexibility index (Phi) is 4.25. The number of hydrazone groups is 1. The molecule has 0 aliphatic rings. The van der Waals surface area contributed by atoms with Crippen LogP contribution in [-0.2, 0) is 18.4 Å². The summed E-state index contributed by atoms with van der Waals surface area (Å²) in [7, 11) is 1.45. The van der Waals surface area contributed by atoms with Crippen LogP contribution in [0.15, 0.2) is 17.4 Å². The van der Waals surface area contributed by atoms with Crippen LogP contribution in [0.1, 0.15) is 11.3 Å². The van der Waals surface area contributed by atoms with Crippen LogP contribution in [0.5, 0.6) is 0 Å². The van der Waals surface area contributed by atoms with Crippen LogP contribution >= 0.6 is 0 Å². The Labute approximate surface area is 123 Å². The van der Waals surface area contributed by atoms with Gasteiger partial charge in [0.2, 0.25) is 5.95 Å². The van der Waals surface area contributed by atoms with Crippen molar-refractivity contribution in [3.05, 3.63) is 39.6 Å². The van der Waals surface area contributed by atoms with Crippen LogP contribution in [0.4, 0.5) is 10.2 Å². The molecule has 0 aliphatic carbocycles. The molecule has 1 amide bonds. The first-order valence-corrected chi connectivity index (χ1v) is 6.07. The molecule has 0 aromatic carbocycles. The summed E-state index contributed by atoms with van der Waals surface area (Å²) in [6, 6.07) is 1.17. The molecule has 11 heteroatoms. The zero-order valence-electron chi connectivity index (χ0n) is 11.7. The number of hydrogen-bond donors (Lipinski definition) is 1. The molecule has 22 heavy (non-hydrogen) atoms. The number of nitro groups is 1. The highest BCUT2D eigenvalue weighted by molar-refractivity contribution is 5.83. The lowest BCUT2D eigenvalue weighted by atomic mass is 10.3. The van der Waals surface area contributed by atoms with E-state index in [9.17, 15) is 19.3 Å². The molecular weight excluding hydrogens is 297 g/mol. The van der Waals surface area contributed by atoms with E-state index < -0.39 is 16.8 Å². The molecule has 2 rings (SSSR count). The highest BCUT2D eigenvalue weighted by Gasteiger charge is 2.13. The highest BCUT2D eigenvalue weighted by atomic mass is 19.1. The predicted octanol–water partition coefficient (Wildman–Crippen LogP) is 0.123. The van der Waals surface area contributed by atoms with Crippen LogP contribution in [0.2, 0.25) is 0 Å². The van der Waals surface area contributed by atoms with Crippen LogP contribution in [0.3, 0.4) is 0 Å². The first-order valence-electron chi connectivity index (χ1n) is 6.07. The molecule has 0 saturated heterocycles. The summed E-state index contributed by atoms with van der Waals surface area (Å²) in [5.41, 5.74) is 2.77. The third-order valence-electron chi connectivity index (χ3n) is 2.70. The molecule has 0 aliphatic heterocycles. The molecule has 0 atom stereocenters. The lowest BCUT2D eigenvalue weighted by molar-refractivity contribution is -0.389. The summed E-state index contributed by atoms with van der Waals surface area (Å²) in [6.45, 7) is 1.36. The summed E-state index contributed by atoms with van der Waals surface area (Å²) < 4.78 is 15.7. The van der Waals surface area contributed by atoms with Gasteiger partial charge in [0.05, 0.1) is 34.8 Å². The Morgan fingerprint density at radius 1 is 1.59 bits per heavy atom. The van der Waals surface area contributed by atoms with Crippen molar-refractivity contribution < 1.29 is 14.1 Å². The smallest absolute Gasteiger partial charge is 0.358 e. The fourth-order valence-electron chi connectivity index (χ4n) is 1.68. The molecule has 0 spiro atoms. The fraction of sp³-hybridized carbons (Fsp3) is 0.273. The van der Waals surface area contributed by atoms with Gasteiger partial charge in [-0.2, -0.15) is 19.3 Å². The van der Waals surface area contributed by atoms with Gasteiger partial charge in [0, 0.05) is 7.05 Å². The van der Waals surface area contributed by atoms with E-state index in [1.54, 1.807) is 6.92 Å². The van der Waals surface area contributed by atoms with Crippen LogP contribution in [0, 0.1) is 23.0 Å². The van der Waals surface area contributed by atoms with Gasteiger partial charge in [-0.1, -0.05) is 0 Å². The molecule has 0 saturated carbocycles. The largest absolute Gasteiger partial charge is 0.389 e. The van der Waals surface area contributed by atoms with Gasteiger partial charge in [0.1, 0.15) is 6.54 Å². The maximum absolute atomic E-state index is 13.6. The third kappa shape index (κ3) is 3.31. The lowest BCUT2D eigenvalue weighted by Gasteiger charge is -1.97. The normalized spacial score (nSPS) is 11.0. The molecule has 2 aromatic heterocycles.